The maximum absolute atomic E-state index is 13.2. The highest BCUT2D eigenvalue weighted by Gasteiger charge is 2.30. The van der Waals surface area contributed by atoms with Crippen molar-refractivity contribution in [3.63, 3.8) is 0 Å². The minimum Gasteiger partial charge on any atom is -0.352 e. The van der Waals surface area contributed by atoms with Gasteiger partial charge >= 0.3 is 0 Å². The van der Waals surface area contributed by atoms with E-state index >= 15 is 0 Å². The third-order valence-corrected chi connectivity index (χ3v) is 5.73. The summed E-state index contributed by atoms with van der Waals surface area (Å²) in [6.45, 7) is 8.73. The number of carbonyl (C=O) groups is 1. The van der Waals surface area contributed by atoms with E-state index in [2.05, 4.69) is 36.3 Å². The molecule has 1 fully saturated rings. The molecule has 0 unspecified atom stereocenters. The number of aryl methyl sites for hydroxylation is 1. The first-order valence-corrected chi connectivity index (χ1v) is 10.8. The molecule has 0 aliphatic heterocycles. The van der Waals surface area contributed by atoms with E-state index in [-0.39, 0.29) is 11.4 Å². The highest BCUT2D eigenvalue weighted by atomic mass is 16.1. The van der Waals surface area contributed by atoms with Crippen molar-refractivity contribution < 1.29 is 4.79 Å². The molecule has 5 rings (SSSR count). The van der Waals surface area contributed by atoms with Gasteiger partial charge < -0.3 is 5.32 Å². The Kier molecular flexibility index (Phi) is 4.53. The first-order valence-electron chi connectivity index (χ1n) is 10.8. The van der Waals surface area contributed by atoms with E-state index < -0.39 is 0 Å². The first-order chi connectivity index (χ1) is 14.8. The molecule has 1 N–H and O–H groups in total. The molecule has 31 heavy (non-hydrogen) atoms. The molecule has 4 aromatic heterocycles. The van der Waals surface area contributed by atoms with Gasteiger partial charge in [-0.2, -0.15) is 5.10 Å². The molecule has 0 bridgehead atoms. The molecule has 160 valence electrons. The predicted octanol–water partition coefficient (Wildman–Crippen LogP) is 3.39. The van der Waals surface area contributed by atoms with Gasteiger partial charge in [0.2, 0.25) is 0 Å². The Balaban J connectivity index is 1.44. The zero-order valence-corrected chi connectivity index (χ0v) is 18.4. The van der Waals surface area contributed by atoms with E-state index in [0.717, 1.165) is 46.7 Å². The van der Waals surface area contributed by atoms with E-state index in [4.69, 9.17) is 10.1 Å². The summed E-state index contributed by atoms with van der Waals surface area (Å²) >= 11 is 0. The van der Waals surface area contributed by atoms with Crippen LogP contribution in [0.15, 0.2) is 30.5 Å². The van der Waals surface area contributed by atoms with Crippen LogP contribution in [0.3, 0.4) is 0 Å². The Hall–Kier alpha value is -3.29. The second-order valence-electron chi connectivity index (χ2n) is 9.29. The Bertz CT molecular complexity index is 1290. The lowest BCUT2D eigenvalue weighted by atomic mass is 10.1. The molecule has 8 heteroatoms. The normalized spacial score (nSPS) is 14.5. The van der Waals surface area contributed by atoms with Crippen LogP contribution in [-0.2, 0) is 12.0 Å². The van der Waals surface area contributed by atoms with Gasteiger partial charge in [0, 0.05) is 30.8 Å². The topological polar surface area (TPSA) is 90.0 Å². The summed E-state index contributed by atoms with van der Waals surface area (Å²) in [5.74, 6) is 1.17. The van der Waals surface area contributed by atoms with Crippen molar-refractivity contribution in [3.8, 4) is 0 Å². The number of amides is 1. The number of carbonyl (C=O) groups excluding carboxylic acids is 1. The van der Waals surface area contributed by atoms with Gasteiger partial charge in [-0.05, 0) is 58.7 Å². The zero-order valence-electron chi connectivity index (χ0n) is 18.4. The van der Waals surface area contributed by atoms with Gasteiger partial charge in [0.15, 0.2) is 11.3 Å². The fourth-order valence-electron chi connectivity index (χ4n) is 3.99. The van der Waals surface area contributed by atoms with E-state index in [0.29, 0.717) is 24.4 Å². The van der Waals surface area contributed by atoms with Gasteiger partial charge in [0.1, 0.15) is 5.82 Å². The van der Waals surface area contributed by atoms with Gasteiger partial charge in [-0.3, -0.25) is 9.20 Å². The molecule has 1 aliphatic carbocycles. The number of nitrogens with zero attached hydrogens (tertiary/aromatic N) is 6. The van der Waals surface area contributed by atoms with Crippen LogP contribution in [0.5, 0.6) is 0 Å². The number of hydrogen-bond acceptors (Lipinski definition) is 5. The quantitative estimate of drug-likeness (QED) is 0.538. The molecule has 0 atom stereocenters. The van der Waals surface area contributed by atoms with Gasteiger partial charge in [0.05, 0.1) is 22.2 Å². The van der Waals surface area contributed by atoms with Gasteiger partial charge in [-0.1, -0.05) is 6.07 Å². The van der Waals surface area contributed by atoms with Crippen molar-refractivity contribution >= 4 is 22.6 Å². The van der Waals surface area contributed by atoms with Crippen LogP contribution in [0.25, 0.3) is 16.7 Å². The molecule has 8 nitrogen and oxygen atoms in total. The van der Waals surface area contributed by atoms with E-state index in [1.807, 2.05) is 46.5 Å². The molecule has 0 aromatic carbocycles. The summed E-state index contributed by atoms with van der Waals surface area (Å²) in [5, 5.41) is 17.1. The summed E-state index contributed by atoms with van der Waals surface area (Å²) in [4.78, 5) is 18.2. The van der Waals surface area contributed by atoms with Crippen LogP contribution >= 0.6 is 0 Å². The lowest BCUT2D eigenvalue weighted by molar-refractivity contribution is 0.0955. The van der Waals surface area contributed by atoms with E-state index in [1.54, 1.807) is 0 Å². The van der Waals surface area contributed by atoms with Crippen LogP contribution in [0.1, 0.15) is 67.1 Å². The second-order valence-corrected chi connectivity index (χ2v) is 9.29. The smallest absolute Gasteiger partial charge is 0.252 e. The van der Waals surface area contributed by atoms with Crippen molar-refractivity contribution in [2.24, 2.45) is 0 Å². The van der Waals surface area contributed by atoms with Gasteiger partial charge in [-0.25, -0.2) is 9.67 Å². The van der Waals surface area contributed by atoms with E-state index in [1.165, 1.54) is 0 Å². The van der Waals surface area contributed by atoms with Gasteiger partial charge in [-0.15, -0.1) is 10.2 Å². The lowest BCUT2D eigenvalue weighted by Crippen LogP contribution is -2.27. The number of fused-ring (bicyclic) bond motifs is 2. The summed E-state index contributed by atoms with van der Waals surface area (Å²) < 4.78 is 3.89. The van der Waals surface area contributed by atoms with Crippen LogP contribution < -0.4 is 5.32 Å². The molecule has 1 aliphatic rings. The first kappa shape index (κ1) is 19.7. The molecular formula is C23H27N7O. The minimum absolute atomic E-state index is 0.0975. The molecular weight excluding hydrogens is 390 g/mol. The number of rotatable bonds is 5. The molecule has 0 spiro atoms. The van der Waals surface area contributed by atoms with Crippen LogP contribution in [0.4, 0.5) is 0 Å². The lowest BCUT2D eigenvalue weighted by Gasteiger charge is -2.20. The molecule has 4 heterocycles. The fraction of sp³-hybridized carbons (Fsp3) is 0.435. The van der Waals surface area contributed by atoms with Crippen molar-refractivity contribution in [3.05, 3.63) is 53.2 Å². The third kappa shape index (κ3) is 3.56. The Morgan fingerprint density at radius 3 is 2.77 bits per heavy atom. The average molecular weight is 418 g/mol. The summed E-state index contributed by atoms with van der Waals surface area (Å²) in [6, 6.07) is 7.75. The second kappa shape index (κ2) is 7.14. The Morgan fingerprint density at radius 2 is 2.03 bits per heavy atom. The highest BCUT2D eigenvalue weighted by Crippen LogP contribution is 2.41. The minimum atomic E-state index is -0.218. The summed E-state index contributed by atoms with van der Waals surface area (Å²) in [5.41, 5.74) is 3.86. The number of aromatic nitrogens is 6. The Morgan fingerprint density at radius 1 is 1.23 bits per heavy atom. The summed E-state index contributed by atoms with van der Waals surface area (Å²) in [6.07, 6.45) is 4.79. The monoisotopic (exact) mass is 417 g/mol. The molecule has 1 saturated carbocycles. The zero-order chi connectivity index (χ0) is 21.8. The Labute approximate surface area is 180 Å². The molecule has 0 radical (unpaired) electrons. The van der Waals surface area contributed by atoms with Crippen LogP contribution in [0.2, 0.25) is 0 Å². The number of pyridine rings is 2. The highest BCUT2D eigenvalue weighted by molar-refractivity contribution is 6.06. The van der Waals surface area contributed by atoms with Crippen molar-refractivity contribution in [2.45, 2.75) is 58.4 Å². The van der Waals surface area contributed by atoms with E-state index in [9.17, 15) is 4.79 Å². The maximum atomic E-state index is 13.2. The van der Waals surface area contributed by atoms with Crippen LogP contribution in [-0.4, -0.2) is 41.8 Å². The van der Waals surface area contributed by atoms with Gasteiger partial charge in [0.25, 0.3) is 5.91 Å². The molecule has 1 amide bonds. The third-order valence-electron chi connectivity index (χ3n) is 5.73. The maximum Gasteiger partial charge on any atom is 0.252 e. The van der Waals surface area contributed by atoms with Crippen molar-refractivity contribution in [1.82, 2.24) is 34.7 Å². The SMILES string of the molecule is Cc1nn(C(C)(C)C)c2nc(C3CC3)cc(C(=O)NCCc3nnc4ccccn34)c12. The number of nitrogens with one attached hydrogen (secondary N) is 1. The fourth-order valence-corrected chi connectivity index (χ4v) is 3.99. The molecule has 4 aromatic rings. The van der Waals surface area contributed by atoms with Crippen molar-refractivity contribution in [2.75, 3.05) is 6.54 Å². The van der Waals surface area contributed by atoms with Crippen LogP contribution in [0, 0.1) is 6.92 Å². The summed E-state index contributed by atoms with van der Waals surface area (Å²) in [7, 11) is 0. The molecule has 0 saturated heterocycles. The standard InChI is InChI=1S/C23H27N7O/c1-14-20-16(13-17(15-8-9-15)25-21(20)30(28-14)23(2,3)4)22(31)24-11-10-19-27-26-18-7-5-6-12-29(18)19/h5-7,12-13,15H,8-11H2,1-4H3,(H,24,31). The van der Waals surface area contributed by atoms with Crippen molar-refractivity contribution in [1.29, 1.82) is 0 Å². The largest absolute Gasteiger partial charge is 0.352 e. The predicted molar refractivity (Wildman–Crippen MR) is 118 cm³/mol. The number of hydrogen-bond donors (Lipinski definition) is 1. The average Bonchev–Trinajstić information content (AvgIpc) is 3.42.